The molecule has 1 radical (unpaired) electrons. The molecule has 0 aliphatic heterocycles. The summed E-state index contributed by atoms with van der Waals surface area (Å²) in [4.78, 5) is 19.5. The largest absolute Gasteiger partial charge is 1.00 e. The molecular weight excluding hydrogens is 990 g/mol. The normalized spacial score (nSPS) is 6.56. The second kappa shape index (κ2) is 108. The fraction of sp³-hybridized carbons (Fsp3) is 0.510. The molecule has 0 aliphatic carbocycles. The summed E-state index contributed by atoms with van der Waals surface area (Å²) in [6.45, 7) is 50.1. The average Bonchev–Trinajstić information content (AvgIpc) is 3.38. The Bertz CT molecular complexity index is 1250. The van der Waals surface area contributed by atoms with E-state index in [2.05, 4.69) is 19.1 Å². The topological polar surface area (TPSA) is 116 Å². The summed E-state index contributed by atoms with van der Waals surface area (Å²) in [5.74, 6) is 1.32. The van der Waals surface area contributed by atoms with E-state index in [1.54, 1.807) is 12.1 Å². The summed E-state index contributed by atoms with van der Waals surface area (Å²) < 4.78 is 36.8. The standard InChI is InChI=1S/C12H9NO3.C7H8.C6H5NO3.12C2H6.BF3I.Cu.FH/c14-13(15)10-6-8-12(9-7-10)16-11-4-2-1-3-5-11;1-7-5-3-2-4-6-7;8-6-3-1-5(2-4-6)7(9)10;12*1-2;2-1(3)5-4;;/h1-9H;2-6H,1H3;1-4,8H;12*1-2H3;;;1H/q;;;;;;;;;;;;;;;+1;;/p-1. The van der Waals surface area contributed by atoms with Crippen LogP contribution in [0.15, 0.2) is 109 Å². The minimum atomic E-state index is -2.67. The first-order valence-corrected chi connectivity index (χ1v) is 24.6. The number of phenolic OH excluding ortho intramolecular Hbond substituents is 1. The first-order chi connectivity index (χ1) is 30.1. The molecule has 0 fully saturated rings. The zero-order valence-corrected chi connectivity index (χ0v) is 47.6. The van der Waals surface area contributed by atoms with Gasteiger partial charge in [-0.1, -0.05) is 220 Å². The molecule has 0 bridgehead atoms. The van der Waals surface area contributed by atoms with E-state index in [0.29, 0.717) is 11.5 Å². The molecule has 0 saturated carbocycles. The van der Waals surface area contributed by atoms with Gasteiger partial charge in [0, 0.05) is 44.2 Å². The summed E-state index contributed by atoms with van der Waals surface area (Å²) in [6.07, 6.45) is 0. The van der Waals surface area contributed by atoms with E-state index < -0.39 is 36.5 Å². The number of nitro groups is 2. The number of phenols is 1. The number of hydrogen-bond acceptors (Lipinski definition) is 6. The van der Waals surface area contributed by atoms with Crippen molar-refractivity contribution in [2.75, 3.05) is 0 Å². The van der Waals surface area contributed by atoms with Gasteiger partial charge in [0.25, 0.3) is 11.4 Å². The van der Waals surface area contributed by atoms with Crippen molar-refractivity contribution in [1.29, 1.82) is 0 Å². The second-order valence-electron chi connectivity index (χ2n) is 6.92. The average molecular weight is 1080 g/mol. The van der Waals surface area contributed by atoms with Crippen LogP contribution in [0, 0.1) is 27.2 Å². The van der Waals surface area contributed by atoms with Gasteiger partial charge in [-0.3, -0.25) is 20.2 Å². The Morgan fingerprint density at radius 2 is 0.688 bits per heavy atom. The first-order valence-electron chi connectivity index (χ1n) is 22.6. The van der Waals surface area contributed by atoms with Crippen molar-refractivity contribution < 1.29 is 74.5 Å². The molecule has 64 heavy (non-hydrogen) atoms. The quantitative estimate of drug-likeness (QED) is 0.0700. The summed E-state index contributed by atoms with van der Waals surface area (Å²) in [6, 6.07) is 30.5. The molecule has 1 N–H and O–H groups in total. The van der Waals surface area contributed by atoms with E-state index in [0.717, 1.165) is 0 Å². The van der Waals surface area contributed by atoms with Crippen LogP contribution in [0.5, 0.6) is 17.2 Å². The number of rotatable bonds is 5. The van der Waals surface area contributed by atoms with Gasteiger partial charge in [0.2, 0.25) is 0 Å². The molecule has 0 atom stereocenters. The van der Waals surface area contributed by atoms with Crippen LogP contribution in [-0.2, 0) is 17.1 Å². The number of aryl methyl sites for hydroxylation is 1. The molecule has 385 valence electrons. The van der Waals surface area contributed by atoms with Crippen LogP contribution >= 0.6 is 0 Å². The third kappa shape index (κ3) is 89.3. The zero-order valence-electron chi connectivity index (χ0n) is 44.5. The van der Waals surface area contributed by atoms with Crippen LogP contribution < -0.4 is 31.0 Å². The number of ether oxygens (including phenoxy) is 1. The number of aromatic hydroxyl groups is 1. The maximum Gasteiger partial charge on any atom is 0.902 e. The maximum atomic E-state index is 10.5. The van der Waals surface area contributed by atoms with Crippen molar-refractivity contribution in [2.45, 2.75) is 173 Å². The van der Waals surface area contributed by atoms with E-state index in [1.165, 1.54) is 42.0 Å². The minimum absolute atomic E-state index is 0. The zero-order chi connectivity index (χ0) is 52.3. The SMILES string of the molecule is CC.CC.CC.CC.CC.CC.CC.CC.CC.CC.CC.CC.Cc1ccccc1.F[I+]B(F)F.O=[N+]([O-])c1ccc(O)cc1.O=[N+]([O-])c1ccc(Oc2ccccc2)cc1.[Cu].[F-]. The van der Waals surface area contributed by atoms with E-state index in [1.807, 2.05) is 215 Å². The number of benzene rings is 4. The molecule has 0 spiro atoms. The Morgan fingerprint density at radius 3 is 0.891 bits per heavy atom. The molecule has 4 rings (SSSR count). The third-order valence-electron chi connectivity index (χ3n) is 4.09. The van der Waals surface area contributed by atoms with Crippen LogP contribution in [0.25, 0.3) is 0 Å². The molecule has 0 heterocycles. The third-order valence-corrected chi connectivity index (χ3v) is 4.45. The van der Waals surface area contributed by atoms with Crippen molar-refractivity contribution >= 4 is 16.5 Å². The monoisotopic (exact) mass is 1080 g/mol. The summed E-state index contributed by atoms with van der Waals surface area (Å²) in [7, 11) is 0. The van der Waals surface area contributed by atoms with Gasteiger partial charge in [0.1, 0.15) is 17.2 Å². The van der Waals surface area contributed by atoms with E-state index >= 15 is 0 Å². The molecule has 0 aliphatic rings. The Morgan fingerprint density at radius 1 is 0.469 bits per heavy atom. The second-order valence-corrected chi connectivity index (χ2v) is 8.34. The molecular formula is C49H94BCuF4IN2O6. The van der Waals surface area contributed by atoms with Crippen LogP contribution in [0.3, 0.4) is 0 Å². The number of non-ortho nitro benzene ring substituents is 2. The van der Waals surface area contributed by atoms with Gasteiger partial charge in [0.05, 0.1) is 9.85 Å². The molecule has 0 aromatic heterocycles. The Hall–Kier alpha value is -3.69. The van der Waals surface area contributed by atoms with E-state index in [4.69, 9.17) is 9.84 Å². The van der Waals surface area contributed by atoms with Crippen molar-refractivity contribution in [1.82, 2.24) is 0 Å². The maximum absolute atomic E-state index is 10.5. The van der Waals surface area contributed by atoms with Crippen molar-refractivity contribution in [3.63, 3.8) is 0 Å². The molecule has 8 nitrogen and oxygen atoms in total. The van der Waals surface area contributed by atoms with Gasteiger partial charge < -0.3 is 14.5 Å². The Labute approximate surface area is 414 Å². The molecule has 4 aromatic carbocycles. The summed E-state index contributed by atoms with van der Waals surface area (Å²) in [5, 5.41) is 26.5. The van der Waals surface area contributed by atoms with Crippen LogP contribution in [0.4, 0.5) is 22.9 Å². The number of nitrogens with zero attached hydrogens (tertiary/aromatic N) is 2. The van der Waals surface area contributed by atoms with Gasteiger partial charge in [-0.25, -0.2) is 8.63 Å². The molecule has 0 saturated heterocycles. The summed E-state index contributed by atoms with van der Waals surface area (Å²) in [5.41, 5.74) is 1.36. The smallest absolute Gasteiger partial charge is 0.902 e. The number of nitro benzene ring substituents is 2. The van der Waals surface area contributed by atoms with Crippen molar-refractivity contribution in [3.8, 4) is 17.2 Å². The van der Waals surface area contributed by atoms with Crippen LogP contribution in [-0.4, -0.2) is 20.1 Å². The van der Waals surface area contributed by atoms with Gasteiger partial charge in [0.15, 0.2) is 0 Å². The predicted octanol–water partition coefficient (Wildman–Crippen LogP) is 13.9. The molecule has 15 heteroatoms. The number of halogens is 5. The molecule has 0 unspecified atom stereocenters. The van der Waals surface area contributed by atoms with Crippen molar-refractivity contribution in [2.24, 2.45) is 0 Å². The van der Waals surface area contributed by atoms with Crippen molar-refractivity contribution in [3.05, 3.63) is 135 Å². The van der Waals surface area contributed by atoms with E-state index in [9.17, 15) is 31.7 Å². The first kappa shape index (κ1) is 98.9. The minimum Gasteiger partial charge on any atom is -1.00 e. The Kier molecular flexibility index (Phi) is 166. The fourth-order valence-corrected chi connectivity index (χ4v) is 2.37. The van der Waals surface area contributed by atoms with Crippen LogP contribution in [0.2, 0.25) is 0 Å². The fourth-order valence-electron chi connectivity index (χ4n) is 2.37. The van der Waals surface area contributed by atoms with E-state index in [-0.39, 0.29) is 38.9 Å². The molecule has 0 amide bonds. The van der Waals surface area contributed by atoms with Crippen LogP contribution in [0.1, 0.15) is 172 Å². The Balaban J connectivity index is -0.0000000385. The molecule has 4 aromatic rings. The number of para-hydroxylation sites is 1. The van der Waals surface area contributed by atoms with Gasteiger partial charge in [-0.15, -0.1) is 0 Å². The number of hydrogen-bond donors (Lipinski definition) is 1. The van der Waals surface area contributed by atoms with Gasteiger partial charge in [-0.05, 0) is 43.3 Å². The predicted molar refractivity (Wildman–Crippen MR) is 271 cm³/mol. The van der Waals surface area contributed by atoms with Gasteiger partial charge in [-0.2, -0.15) is 0 Å². The summed E-state index contributed by atoms with van der Waals surface area (Å²) >= 11 is -2.29. The van der Waals surface area contributed by atoms with Gasteiger partial charge >= 0.3 is 26.7 Å².